The zero-order chi connectivity index (χ0) is 20.2. The molecule has 0 spiro atoms. The van der Waals surface area contributed by atoms with Gasteiger partial charge in [-0.3, -0.25) is 9.78 Å². The second-order valence-electron chi connectivity index (χ2n) is 7.79. The van der Waals surface area contributed by atoms with Gasteiger partial charge in [-0.25, -0.2) is 9.50 Å². The molecule has 1 aliphatic heterocycles. The number of carbonyl (C=O) groups excluding carboxylic acids is 1. The molecule has 0 bridgehead atoms. The van der Waals surface area contributed by atoms with E-state index in [1.165, 1.54) is 0 Å². The van der Waals surface area contributed by atoms with E-state index in [2.05, 4.69) is 21.1 Å². The first-order valence-corrected chi connectivity index (χ1v) is 9.65. The van der Waals surface area contributed by atoms with E-state index in [0.29, 0.717) is 18.1 Å². The van der Waals surface area contributed by atoms with Crippen molar-refractivity contribution >= 4 is 17.1 Å². The number of amides is 1. The van der Waals surface area contributed by atoms with Crippen molar-refractivity contribution in [1.82, 2.24) is 19.6 Å². The van der Waals surface area contributed by atoms with Crippen LogP contribution in [0.25, 0.3) is 16.8 Å². The molecule has 0 unspecified atom stereocenters. The largest absolute Gasteiger partial charge is 0.480 e. The Balaban J connectivity index is 1.59. The van der Waals surface area contributed by atoms with Crippen LogP contribution in [0.15, 0.2) is 36.9 Å². The van der Waals surface area contributed by atoms with Crippen molar-refractivity contribution in [2.75, 3.05) is 18.6 Å². The first kappa shape index (κ1) is 17.6. The lowest BCUT2D eigenvalue weighted by Crippen LogP contribution is -2.37. The number of nitrogens with zero attached hydrogens (tertiary/aromatic N) is 6. The first-order valence-electron chi connectivity index (χ1n) is 9.65. The summed E-state index contributed by atoms with van der Waals surface area (Å²) in [5, 5.41) is 14.3. The molecule has 1 aliphatic carbocycles. The van der Waals surface area contributed by atoms with Crippen molar-refractivity contribution in [2.45, 2.75) is 19.8 Å². The van der Waals surface area contributed by atoms with Gasteiger partial charge in [0.1, 0.15) is 5.41 Å². The highest BCUT2D eigenvalue weighted by atomic mass is 16.5. The van der Waals surface area contributed by atoms with E-state index < -0.39 is 5.41 Å². The minimum Gasteiger partial charge on any atom is -0.480 e. The average molecular weight is 388 g/mol. The number of hydrogen-bond donors (Lipinski definition) is 0. The highest BCUT2D eigenvalue weighted by Crippen LogP contribution is 2.54. The number of methoxy groups -OCH3 is 1. The van der Waals surface area contributed by atoms with Crippen molar-refractivity contribution in [3.8, 4) is 23.2 Å². The summed E-state index contributed by atoms with van der Waals surface area (Å²) in [6.07, 6.45) is 8.63. The minimum absolute atomic E-state index is 0.0144. The molecule has 5 rings (SSSR count). The summed E-state index contributed by atoms with van der Waals surface area (Å²) in [6, 6.07) is 6.16. The topological polar surface area (TPSA) is 96.4 Å². The van der Waals surface area contributed by atoms with E-state index in [-0.39, 0.29) is 17.7 Å². The maximum Gasteiger partial charge on any atom is 0.248 e. The van der Waals surface area contributed by atoms with Gasteiger partial charge in [-0.05, 0) is 30.9 Å². The maximum atomic E-state index is 13.4. The number of aromatic nitrogens is 4. The maximum absolute atomic E-state index is 13.4. The van der Waals surface area contributed by atoms with Crippen molar-refractivity contribution in [2.24, 2.45) is 17.3 Å². The van der Waals surface area contributed by atoms with Gasteiger partial charge in [-0.15, -0.1) is 0 Å². The lowest BCUT2D eigenvalue weighted by Gasteiger charge is -2.23. The fourth-order valence-electron chi connectivity index (χ4n) is 4.46. The molecule has 0 aromatic carbocycles. The van der Waals surface area contributed by atoms with Crippen LogP contribution in [0.2, 0.25) is 0 Å². The fraction of sp³-hybridized carbons (Fsp3) is 0.381. The molecule has 0 N–H and O–H groups in total. The van der Waals surface area contributed by atoms with Gasteiger partial charge < -0.3 is 9.64 Å². The van der Waals surface area contributed by atoms with Gasteiger partial charge in [0.05, 0.1) is 42.5 Å². The summed E-state index contributed by atoms with van der Waals surface area (Å²) in [5.74, 6) is 0.497. The molecule has 1 amide bonds. The summed E-state index contributed by atoms with van der Waals surface area (Å²) >= 11 is 0. The van der Waals surface area contributed by atoms with E-state index in [1.54, 1.807) is 35.1 Å². The molecule has 4 heterocycles. The van der Waals surface area contributed by atoms with Crippen LogP contribution < -0.4 is 9.64 Å². The molecule has 1 saturated heterocycles. The van der Waals surface area contributed by atoms with Gasteiger partial charge in [-0.2, -0.15) is 10.4 Å². The van der Waals surface area contributed by atoms with Crippen LogP contribution in [0.1, 0.15) is 19.8 Å². The minimum atomic E-state index is -0.909. The molecular formula is C21H20N6O2. The number of fused-ring (bicyclic) bond motifs is 1. The van der Waals surface area contributed by atoms with Crippen LogP contribution in [0, 0.1) is 28.6 Å². The molecule has 8 nitrogen and oxygen atoms in total. The second kappa shape index (κ2) is 6.27. The van der Waals surface area contributed by atoms with Gasteiger partial charge >= 0.3 is 0 Å². The zero-order valence-electron chi connectivity index (χ0n) is 16.2. The zero-order valence-corrected chi connectivity index (χ0v) is 16.2. The van der Waals surface area contributed by atoms with E-state index in [0.717, 1.165) is 29.6 Å². The Morgan fingerprint density at radius 3 is 2.90 bits per heavy atom. The molecule has 2 atom stereocenters. The van der Waals surface area contributed by atoms with E-state index in [9.17, 15) is 10.1 Å². The van der Waals surface area contributed by atoms with Crippen LogP contribution in [-0.4, -0.2) is 39.1 Å². The molecular weight excluding hydrogens is 368 g/mol. The van der Waals surface area contributed by atoms with E-state index in [4.69, 9.17) is 4.74 Å². The van der Waals surface area contributed by atoms with E-state index in [1.807, 2.05) is 25.3 Å². The van der Waals surface area contributed by atoms with Crippen molar-refractivity contribution in [3.63, 3.8) is 0 Å². The summed E-state index contributed by atoms with van der Waals surface area (Å²) in [6.45, 7) is 2.54. The van der Waals surface area contributed by atoms with Crippen LogP contribution in [0.4, 0.5) is 5.69 Å². The molecule has 8 heteroatoms. The molecule has 3 aromatic heterocycles. The Morgan fingerprint density at radius 1 is 1.34 bits per heavy atom. The Labute approximate surface area is 167 Å². The standard InChI is InChI=1S/C21H20N6O2/c1-13-10-26(20(28)21(13,12-22)15-3-4-15)17-5-6-24-27-11-14(7-18(17)27)16-8-23-9-19(25-16)29-2/h5-9,11,13,15H,3-4,10H2,1-2H3/t13-,21+/m1/s1. The van der Waals surface area contributed by atoms with Crippen molar-refractivity contribution < 1.29 is 9.53 Å². The Morgan fingerprint density at radius 2 is 2.17 bits per heavy atom. The highest BCUT2D eigenvalue weighted by molar-refractivity contribution is 6.05. The number of carbonyl (C=O) groups is 1. The van der Waals surface area contributed by atoms with Gasteiger partial charge in [0.15, 0.2) is 0 Å². The highest BCUT2D eigenvalue weighted by Gasteiger charge is 2.61. The number of nitriles is 1. The lowest BCUT2D eigenvalue weighted by molar-refractivity contribution is -0.124. The monoisotopic (exact) mass is 388 g/mol. The van der Waals surface area contributed by atoms with Crippen LogP contribution in [0.5, 0.6) is 5.88 Å². The lowest BCUT2D eigenvalue weighted by atomic mass is 9.75. The predicted octanol–water partition coefficient (Wildman–Crippen LogP) is 2.70. The third kappa shape index (κ3) is 2.50. The first-order chi connectivity index (χ1) is 14.1. The van der Waals surface area contributed by atoms with Gasteiger partial charge in [0.2, 0.25) is 11.8 Å². The SMILES string of the molecule is COc1cncc(-c2cc3c(N4C[C@@H](C)[C@@](C#N)(C5CC5)C4=O)ccnn3c2)n1. The third-order valence-corrected chi connectivity index (χ3v) is 6.13. The fourth-order valence-corrected chi connectivity index (χ4v) is 4.46. The molecule has 2 aliphatic rings. The van der Waals surface area contributed by atoms with Crippen molar-refractivity contribution in [1.29, 1.82) is 5.26 Å². The van der Waals surface area contributed by atoms with Crippen LogP contribution in [-0.2, 0) is 4.79 Å². The molecule has 146 valence electrons. The Kier molecular flexibility index (Phi) is 3.81. The summed E-state index contributed by atoms with van der Waals surface area (Å²) in [5.41, 5.74) is 2.12. The van der Waals surface area contributed by atoms with Gasteiger partial charge in [0, 0.05) is 30.4 Å². The molecule has 1 saturated carbocycles. The van der Waals surface area contributed by atoms with Gasteiger partial charge in [-0.1, -0.05) is 6.92 Å². The normalized spacial score (nSPS) is 24.1. The number of ether oxygens (including phenoxy) is 1. The number of hydrogen-bond acceptors (Lipinski definition) is 6. The number of anilines is 1. The molecule has 0 radical (unpaired) electrons. The average Bonchev–Trinajstić information content (AvgIpc) is 3.44. The quantitative estimate of drug-likeness (QED) is 0.682. The van der Waals surface area contributed by atoms with Gasteiger partial charge in [0.25, 0.3) is 0 Å². The summed E-state index contributed by atoms with van der Waals surface area (Å²) in [4.78, 5) is 23.7. The third-order valence-electron chi connectivity index (χ3n) is 6.13. The summed E-state index contributed by atoms with van der Waals surface area (Å²) < 4.78 is 6.89. The molecule has 2 fully saturated rings. The van der Waals surface area contributed by atoms with E-state index >= 15 is 0 Å². The molecule has 3 aromatic rings. The Hall–Kier alpha value is -3.47. The molecule has 29 heavy (non-hydrogen) atoms. The number of rotatable bonds is 4. The van der Waals surface area contributed by atoms with Crippen LogP contribution in [0.3, 0.4) is 0 Å². The Bertz CT molecular complexity index is 1160. The smallest absolute Gasteiger partial charge is 0.248 e. The summed E-state index contributed by atoms with van der Waals surface area (Å²) in [7, 11) is 1.55. The van der Waals surface area contributed by atoms with Crippen molar-refractivity contribution in [3.05, 3.63) is 36.9 Å². The van der Waals surface area contributed by atoms with Crippen LogP contribution >= 0.6 is 0 Å². The predicted molar refractivity (Wildman–Crippen MR) is 105 cm³/mol. The second-order valence-corrected chi connectivity index (χ2v) is 7.79.